The first-order chi connectivity index (χ1) is 17.0. The number of nitrogens with zero attached hydrogens (tertiary/aromatic N) is 3. The summed E-state index contributed by atoms with van der Waals surface area (Å²) in [7, 11) is 0. The number of nitrogens with one attached hydrogen (secondary N) is 1. The highest BCUT2D eigenvalue weighted by Crippen LogP contribution is 2.32. The summed E-state index contributed by atoms with van der Waals surface area (Å²) in [4.78, 5) is 32.4. The second-order valence-corrected chi connectivity index (χ2v) is 9.78. The number of imidazole rings is 1. The van der Waals surface area contributed by atoms with Crippen LogP contribution in [0.2, 0.25) is 5.02 Å². The minimum Gasteiger partial charge on any atom is -0.376 e. The number of benzene rings is 2. The predicted octanol–water partition coefficient (Wildman–Crippen LogP) is 4.86. The van der Waals surface area contributed by atoms with Crippen LogP contribution in [0.15, 0.2) is 54.7 Å². The van der Waals surface area contributed by atoms with E-state index in [4.69, 9.17) is 21.3 Å². The number of hydrogen-bond acceptors (Lipinski definition) is 4. The second kappa shape index (κ2) is 10.2. The molecule has 1 saturated heterocycles. The van der Waals surface area contributed by atoms with Gasteiger partial charge in [-0.25, -0.2) is 4.98 Å². The van der Waals surface area contributed by atoms with Gasteiger partial charge in [-0.3, -0.25) is 19.5 Å². The Kier molecular flexibility index (Phi) is 6.88. The van der Waals surface area contributed by atoms with Crippen molar-refractivity contribution in [1.29, 1.82) is 0 Å². The van der Waals surface area contributed by atoms with Gasteiger partial charge in [-0.1, -0.05) is 35.9 Å². The number of hydrogen-bond donors (Lipinski definition) is 1. The molecule has 2 heterocycles. The van der Waals surface area contributed by atoms with Gasteiger partial charge in [0.1, 0.15) is 6.54 Å². The molecule has 0 spiro atoms. The van der Waals surface area contributed by atoms with Gasteiger partial charge in [-0.15, -0.1) is 0 Å². The van der Waals surface area contributed by atoms with Crippen molar-refractivity contribution in [3.05, 3.63) is 65.3 Å². The molecule has 8 heteroatoms. The molecule has 1 aliphatic heterocycles. The van der Waals surface area contributed by atoms with Gasteiger partial charge in [-0.05, 0) is 62.4 Å². The van der Waals surface area contributed by atoms with E-state index in [1.165, 1.54) is 0 Å². The van der Waals surface area contributed by atoms with Crippen LogP contribution in [0.1, 0.15) is 31.2 Å². The van der Waals surface area contributed by atoms with E-state index in [9.17, 15) is 9.59 Å². The first-order valence-corrected chi connectivity index (χ1v) is 12.5. The van der Waals surface area contributed by atoms with Crippen molar-refractivity contribution in [2.45, 2.75) is 38.7 Å². The maximum absolute atomic E-state index is 13.2. The Balaban J connectivity index is 1.39. The fourth-order valence-corrected chi connectivity index (χ4v) is 4.52. The first-order valence-electron chi connectivity index (χ1n) is 12.1. The fraction of sp³-hybridized carbons (Fsp3) is 0.370. The number of ether oxygens (including phenoxy) is 1. The monoisotopic (exact) mass is 492 g/mol. The molecule has 5 rings (SSSR count). The number of aryl methyl sites for hydroxylation is 1. The van der Waals surface area contributed by atoms with Crippen LogP contribution in [0.5, 0.6) is 0 Å². The number of aromatic nitrogens is 2. The predicted molar refractivity (Wildman–Crippen MR) is 136 cm³/mol. The molecule has 2 aromatic carbocycles. The van der Waals surface area contributed by atoms with Crippen molar-refractivity contribution in [3.63, 3.8) is 0 Å². The third-order valence-electron chi connectivity index (χ3n) is 6.40. The van der Waals surface area contributed by atoms with E-state index in [1.54, 1.807) is 4.90 Å². The molecule has 2 fully saturated rings. The summed E-state index contributed by atoms with van der Waals surface area (Å²) in [6.45, 7) is 3.16. The lowest BCUT2D eigenvalue weighted by molar-refractivity contribution is -0.137. The van der Waals surface area contributed by atoms with Crippen LogP contribution in [-0.4, -0.2) is 52.1 Å². The summed E-state index contributed by atoms with van der Waals surface area (Å²) in [5.41, 5.74) is 3.58. The van der Waals surface area contributed by atoms with Gasteiger partial charge in [0.15, 0.2) is 0 Å². The highest BCUT2D eigenvalue weighted by atomic mass is 35.5. The van der Waals surface area contributed by atoms with Crippen LogP contribution in [0.3, 0.4) is 0 Å². The van der Waals surface area contributed by atoms with Crippen molar-refractivity contribution in [2.75, 3.05) is 25.0 Å². The third-order valence-corrected chi connectivity index (χ3v) is 6.65. The van der Waals surface area contributed by atoms with Crippen LogP contribution in [0.4, 0.5) is 5.95 Å². The number of anilines is 1. The van der Waals surface area contributed by atoms with Crippen LogP contribution in [-0.2, 0) is 14.3 Å². The van der Waals surface area contributed by atoms with E-state index in [2.05, 4.69) is 5.32 Å². The summed E-state index contributed by atoms with van der Waals surface area (Å²) < 4.78 is 7.59. The van der Waals surface area contributed by atoms with E-state index in [-0.39, 0.29) is 30.4 Å². The zero-order valence-corrected chi connectivity index (χ0v) is 20.5. The quantitative estimate of drug-likeness (QED) is 0.487. The van der Waals surface area contributed by atoms with E-state index in [0.717, 1.165) is 42.5 Å². The molecule has 2 amide bonds. The topological polar surface area (TPSA) is 76.5 Å². The van der Waals surface area contributed by atoms with E-state index in [0.29, 0.717) is 29.8 Å². The van der Waals surface area contributed by atoms with Crippen LogP contribution in [0, 0.1) is 12.8 Å². The molecule has 1 unspecified atom stereocenters. The third kappa shape index (κ3) is 5.74. The zero-order chi connectivity index (χ0) is 24.4. The summed E-state index contributed by atoms with van der Waals surface area (Å²) in [5.74, 6) is 0.204. The van der Waals surface area contributed by atoms with E-state index < -0.39 is 0 Å². The number of amides is 2. The number of carbonyl (C=O) groups is 2. The molecular formula is C27H29ClN4O3. The minimum absolute atomic E-state index is 0.00344. The average Bonchev–Trinajstić information content (AvgIpc) is 3.41. The molecule has 1 aromatic heterocycles. The zero-order valence-electron chi connectivity index (χ0n) is 19.7. The van der Waals surface area contributed by atoms with Gasteiger partial charge in [0, 0.05) is 41.5 Å². The van der Waals surface area contributed by atoms with Crippen molar-refractivity contribution in [1.82, 2.24) is 14.5 Å². The molecule has 182 valence electrons. The van der Waals surface area contributed by atoms with Crippen molar-refractivity contribution in [2.24, 2.45) is 5.92 Å². The van der Waals surface area contributed by atoms with Gasteiger partial charge in [0.25, 0.3) is 0 Å². The van der Waals surface area contributed by atoms with Crippen LogP contribution >= 0.6 is 11.6 Å². The molecule has 1 N–H and O–H groups in total. The molecule has 1 atom stereocenters. The Morgan fingerprint density at radius 2 is 1.97 bits per heavy atom. The van der Waals surface area contributed by atoms with Crippen molar-refractivity contribution < 1.29 is 14.3 Å². The first kappa shape index (κ1) is 23.6. The molecule has 2 aliphatic rings. The summed E-state index contributed by atoms with van der Waals surface area (Å²) in [6.07, 6.45) is 5.58. The summed E-state index contributed by atoms with van der Waals surface area (Å²) in [6, 6.07) is 15.4. The Morgan fingerprint density at radius 1 is 1.17 bits per heavy atom. The van der Waals surface area contributed by atoms with E-state index >= 15 is 0 Å². The van der Waals surface area contributed by atoms with Crippen molar-refractivity contribution in [3.8, 4) is 16.9 Å². The van der Waals surface area contributed by atoms with Gasteiger partial charge in [0.2, 0.25) is 17.8 Å². The number of rotatable bonds is 8. The highest BCUT2D eigenvalue weighted by Gasteiger charge is 2.35. The van der Waals surface area contributed by atoms with E-state index in [1.807, 2.05) is 66.2 Å². The Bertz CT molecular complexity index is 1210. The fourth-order valence-electron chi connectivity index (χ4n) is 4.40. The lowest BCUT2D eigenvalue weighted by Crippen LogP contribution is -2.43. The molecule has 1 aliphatic carbocycles. The SMILES string of the molecule is Cc1cccc(-n2cc(-c3ccc(Cl)cc3)nc2NC(=O)CN(CC2CCCO2)C(=O)C2CC2)c1. The highest BCUT2D eigenvalue weighted by molar-refractivity contribution is 6.30. The normalized spacial score (nSPS) is 17.4. The Hall–Kier alpha value is -3.16. The maximum Gasteiger partial charge on any atom is 0.246 e. The summed E-state index contributed by atoms with van der Waals surface area (Å²) in [5, 5.41) is 3.60. The molecule has 0 bridgehead atoms. The van der Waals surface area contributed by atoms with Gasteiger partial charge in [-0.2, -0.15) is 0 Å². The largest absolute Gasteiger partial charge is 0.376 e. The number of carbonyl (C=O) groups excluding carboxylic acids is 2. The minimum atomic E-state index is -0.279. The molecule has 0 radical (unpaired) electrons. The van der Waals surface area contributed by atoms with Gasteiger partial charge < -0.3 is 9.64 Å². The maximum atomic E-state index is 13.2. The lowest BCUT2D eigenvalue weighted by Gasteiger charge is -2.25. The smallest absolute Gasteiger partial charge is 0.246 e. The Labute approximate surface area is 210 Å². The molecule has 3 aromatic rings. The number of halogens is 1. The van der Waals surface area contributed by atoms with Gasteiger partial charge in [0.05, 0.1) is 11.8 Å². The van der Waals surface area contributed by atoms with Crippen LogP contribution < -0.4 is 5.32 Å². The molecule has 1 saturated carbocycles. The average molecular weight is 493 g/mol. The molecule has 35 heavy (non-hydrogen) atoms. The second-order valence-electron chi connectivity index (χ2n) is 9.34. The Morgan fingerprint density at radius 3 is 2.66 bits per heavy atom. The van der Waals surface area contributed by atoms with Crippen molar-refractivity contribution >= 4 is 29.4 Å². The van der Waals surface area contributed by atoms with Crippen LogP contribution in [0.25, 0.3) is 16.9 Å². The van der Waals surface area contributed by atoms with Gasteiger partial charge >= 0.3 is 0 Å². The lowest BCUT2D eigenvalue weighted by atomic mass is 10.2. The molecule has 7 nitrogen and oxygen atoms in total. The standard InChI is InChI=1S/C27H29ClN4O3/c1-18-4-2-5-22(14-18)32-16-24(19-9-11-21(28)12-10-19)29-27(32)30-25(33)17-31(26(34)20-7-8-20)15-23-6-3-13-35-23/h2,4-5,9-12,14,16,20,23H,3,6-8,13,15,17H2,1H3,(H,29,30,33). The molecular weight excluding hydrogens is 464 g/mol. The summed E-state index contributed by atoms with van der Waals surface area (Å²) >= 11 is 6.06.